The number of non-ortho nitro benzene ring substituents is 1. The molecule has 0 aliphatic carbocycles. The fourth-order valence-electron chi connectivity index (χ4n) is 4.63. The summed E-state index contributed by atoms with van der Waals surface area (Å²) in [7, 11) is 0. The van der Waals surface area contributed by atoms with E-state index in [1.165, 1.54) is 18.2 Å². The molecule has 2 aromatic rings. The number of fused-ring (bicyclic) bond motifs is 5. The highest BCUT2D eigenvalue weighted by Crippen LogP contribution is 2.50. The van der Waals surface area contributed by atoms with Gasteiger partial charge >= 0.3 is 0 Å². The number of rotatable bonds is 4. The van der Waals surface area contributed by atoms with Crippen LogP contribution in [0, 0.1) is 28.9 Å². The summed E-state index contributed by atoms with van der Waals surface area (Å²) in [6, 6.07) is 11.3. The van der Waals surface area contributed by atoms with Crippen LogP contribution in [0.15, 0.2) is 42.5 Å². The second kappa shape index (κ2) is 6.38. The second-order valence-electron chi connectivity index (χ2n) is 7.66. The largest absolute Gasteiger partial charge is 0.457 e. The van der Waals surface area contributed by atoms with Crippen molar-refractivity contribution in [2.24, 2.45) is 11.8 Å². The van der Waals surface area contributed by atoms with Crippen molar-refractivity contribution in [1.82, 2.24) is 0 Å². The molecular formula is C21H18N2O6. The number of aryl methyl sites for hydroxylation is 1. The SMILES string of the molecule is Cc1ccccc1Oc1cc(N2C(=O)[C@@H]3[C@@H](C2=O)[C@@H]2CC[C@@H]3O2)cc([N+](=O)[O-])c1. The predicted molar refractivity (Wildman–Crippen MR) is 102 cm³/mol. The number of para-hydroxylation sites is 1. The van der Waals surface area contributed by atoms with Gasteiger partial charge in [0.15, 0.2) is 0 Å². The van der Waals surface area contributed by atoms with Crippen LogP contribution in [0.1, 0.15) is 18.4 Å². The molecule has 29 heavy (non-hydrogen) atoms. The highest BCUT2D eigenvalue weighted by Gasteiger charge is 2.62. The number of hydrogen-bond donors (Lipinski definition) is 0. The van der Waals surface area contributed by atoms with Gasteiger partial charge in [0.25, 0.3) is 5.69 Å². The van der Waals surface area contributed by atoms with Crippen molar-refractivity contribution in [3.8, 4) is 11.5 Å². The zero-order chi connectivity index (χ0) is 20.3. The fourth-order valence-corrected chi connectivity index (χ4v) is 4.63. The normalized spacial score (nSPS) is 27.4. The first-order chi connectivity index (χ1) is 13.9. The highest BCUT2D eigenvalue weighted by molar-refractivity contribution is 6.23. The minimum absolute atomic E-state index is 0.159. The van der Waals surface area contributed by atoms with Gasteiger partial charge in [-0.3, -0.25) is 19.7 Å². The van der Waals surface area contributed by atoms with Crippen LogP contribution in [0.2, 0.25) is 0 Å². The topological polar surface area (TPSA) is 99.0 Å². The van der Waals surface area contributed by atoms with Crippen LogP contribution in [0.5, 0.6) is 11.5 Å². The molecule has 0 N–H and O–H groups in total. The lowest BCUT2D eigenvalue weighted by Crippen LogP contribution is -2.34. The number of carbonyl (C=O) groups is 2. The molecule has 0 saturated carbocycles. The standard InChI is InChI=1S/C21H18N2O6/c1-11-4-2-3-5-15(11)28-14-9-12(8-13(10-14)23(26)27)22-20(24)18-16-6-7-17(29-16)19(18)21(22)25/h2-5,8-10,16-19H,6-7H2,1H3/t16-,17-,18-,19-/m0/s1. The summed E-state index contributed by atoms with van der Waals surface area (Å²) in [5.41, 5.74) is 0.770. The molecule has 148 valence electrons. The Bertz CT molecular complexity index is 1020. The average molecular weight is 394 g/mol. The maximum absolute atomic E-state index is 13.0. The molecule has 5 rings (SSSR count). The van der Waals surface area contributed by atoms with E-state index in [4.69, 9.17) is 9.47 Å². The monoisotopic (exact) mass is 394 g/mol. The quantitative estimate of drug-likeness (QED) is 0.448. The Kier molecular flexibility index (Phi) is 3.92. The maximum atomic E-state index is 13.0. The van der Waals surface area contributed by atoms with Crippen molar-refractivity contribution in [2.45, 2.75) is 32.0 Å². The van der Waals surface area contributed by atoms with Gasteiger partial charge in [-0.15, -0.1) is 0 Å². The molecule has 3 fully saturated rings. The molecule has 4 atom stereocenters. The molecule has 0 aromatic heterocycles. The smallest absolute Gasteiger partial charge is 0.275 e. The number of imide groups is 1. The number of anilines is 1. The van der Waals surface area contributed by atoms with Crippen molar-refractivity contribution in [1.29, 1.82) is 0 Å². The molecule has 3 saturated heterocycles. The number of hydrogen-bond acceptors (Lipinski definition) is 6. The molecule has 0 spiro atoms. The van der Waals surface area contributed by atoms with Crippen LogP contribution in [-0.2, 0) is 14.3 Å². The minimum Gasteiger partial charge on any atom is -0.457 e. The van der Waals surface area contributed by atoms with Crippen LogP contribution in [0.25, 0.3) is 0 Å². The van der Waals surface area contributed by atoms with Gasteiger partial charge in [0.05, 0.1) is 40.7 Å². The van der Waals surface area contributed by atoms with Gasteiger partial charge in [0.1, 0.15) is 11.5 Å². The molecule has 0 unspecified atom stereocenters. The summed E-state index contributed by atoms with van der Waals surface area (Å²) >= 11 is 0. The molecule has 3 aliphatic rings. The fraction of sp³-hybridized carbons (Fsp3) is 0.333. The lowest BCUT2D eigenvalue weighted by atomic mass is 9.81. The van der Waals surface area contributed by atoms with E-state index in [1.54, 1.807) is 12.1 Å². The van der Waals surface area contributed by atoms with E-state index in [-0.39, 0.29) is 41.1 Å². The summed E-state index contributed by atoms with van der Waals surface area (Å²) in [4.78, 5) is 38.0. The molecule has 3 aliphatic heterocycles. The van der Waals surface area contributed by atoms with Gasteiger partial charge in [-0.25, -0.2) is 4.90 Å². The van der Waals surface area contributed by atoms with E-state index in [0.29, 0.717) is 5.75 Å². The Morgan fingerprint density at radius 1 is 1.07 bits per heavy atom. The zero-order valence-electron chi connectivity index (χ0n) is 15.6. The van der Waals surface area contributed by atoms with Crippen LogP contribution in [-0.4, -0.2) is 28.9 Å². The third-order valence-electron chi connectivity index (χ3n) is 5.95. The summed E-state index contributed by atoms with van der Waals surface area (Å²) in [5.74, 6) is -0.965. The summed E-state index contributed by atoms with van der Waals surface area (Å²) in [6.07, 6.45) is 1.03. The van der Waals surface area contributed by atoms with Crippen molar-refractivity contribution >= 4 is 23.2 Å². The summed E-state index contributed by atoms with van der Waals surface area (Å²) < 4.78 is 11.6. The first-order valence-corrected chi connectivity index (χ1v) is 9.50. The molecule has 2 amide bonds. The van der Waals surface area contributed by atoms with Crippen molar-refractivity contribution < 1.29 is 24.0 Å². The Labute approximate surface area is 166 Å². The van der Waals surface area contributed by atoms with E-state index in [2.05, 4.69) is 0 Å². The molecule has 8 nitrogen and oxygen atoms in total. The Morgan fingerprint density at radius 2 is 1.72 bits per heavy atom. The molecule has 2 aromatic carbocycles. The third kappa shape index (κ3) is 2.71. The number of nitrogens with zero attached hydrogens (tertiary/aromatic N) is 2. The first kappa shape index (κ1) is 17.8. The molecule has 0 radical (unpaired) electrons. The maximum Gasteiger partial charge on any atom is 0.275 e. The van der Waals surface area contributed by atoms with Crippen LogP contribution < -0.4 is 9.64 Å². The highest BCUT2D eigenvalue weighted by atomic mass is 16.6. The van der Waals surface area contributed by atoms with E-state index in [0.717, 1.165) is 23.3 Å². The average Bonchev–Trinajstić information content (AvgIpc) is 3.37. The van der Waals surface area contributed by atoms with E-state index in [9.17, 15) is 19.7 Å². The Balaban J connectivity index is 1.54. The van der Waals surface area contributed by atoms with Crippen molar-refractivity contribution in [3.05, 3.63) is 58.1 Å². The Morgan fingerprint density at radius 3 is 2.34 bits per heavy atom. The molecular weight excluding hydrogens is 376 g/mol. The van der Waals surface area contributed by atoms with Crippen LogP contribution in [0.3, 0.4) is 0 Å². The lowest BCUT2D eigenvalue weighted by molar-refractivity contribution is -0.384. The van der Waals surface area contributed by atoms with Gasteiger partial charge in [-0.2, -0.15) is 0 Å². The molecule has 3 heterocycles. The van der Waals surface area contributed by atoms with Gasteiger partial charge in [-0.05, 0) is 31.4 Å². The number of benzene rings is 2. The van der Waals surface area contributed by atoms with Gasteiger partial charge < -0.3 is 9.47 Å². The van der Waals surface area contributed by atoms with E-state index < -0.39 is 16.8 Å². The van der Waals surface area contributed by atoms with Gasteiger partial charge in [0, 0.05) is 12.1 Å². The minimum atomic E-state index is -0.563. The molecule has 8 heteroatoms. The summed E-state index contributed by atoms with van der Waals surface area (Å²) in [6.45, 7) is 1.86. The zero-order valence-corrected chi connectivity index (χ0v) is 15.6. The third-order valence-corrected chi connectivity index (χ3v) is 5.95. The van der Waals surface area contributed by atoms with Crippen LogP contribution >= 0.6 is 0 Å². The number of carbonyl (C=O) groups excluding carboxylic acids is 2. The van der Waals surface area contributed by atoms with Crippen molar-refractivity contribution in [2.75, 3.05) is 4.90 Å². The number of nitro benzene ring substituents is 1. The van der Waals surface area contributed by atoms with Gasteiger partial charge in [0.2, 0.25) is 11.8 Å². The second-order valence-corrected chi connectivity index (χ2v) is 7.66. The van der Waals surface area contributed by atoms with Gasteiger partial charge in [-0.1, -0.05) is 18.2 Å². The number of amides is 2. The Hall–Kier alpha value is -3.26. The number of ether oxygens (including phenoxy) is 2. The van der Waals surface area contributed by atoms with E-state index in [1.807, 2.05) is 19.1 Å². The molecule has 2 bridgehead atoms. The van der Waals surface area contributed by atoms with E-state index >= 15 is 0 Å². The van der Waals surface area contributed by atoms with Crippen molar-refractivity contribution in [3.63, 3.8) is 0 Å². The lowest BCUT2D eigenvalue weighted by Gasteiger charge is -2.18. The van der Waals surface area contributed by atoms with Crippen LogP contribution in [0.4, 0.5) is 11.4 Å². The first-order valence-electron chi connectivity index (χ1n) is 9.50. The predicted octanol–water partition coefficient (Wildman–Crippen LogP) is 3.36. The number of nitro groups is 1. The summed E-state index contributed by atoms with van der Waals surface area (Å²) in [5, 5.41) is 11.5.